The van der Waals surface area contributed by atoms with E-state index < -0.39 is 60.6 Å². The van der Waals surface area contributed by atoms with E-state index in [0.29, 0.717) is 16.0 Å². The van der Waals surface area contributed by atoms with Crippen molar-refractivity contribution in [3.63, 3.8) is 0 Å². The van der Waals surface area contributed by atoms with Crippen LogP contribution in [0.5, 0.6) is 0 Å². The number of hydrogen-bond acceptors (Lipinski definition) is 8. The number of hydrazine groups is 1. The van der Waals surface area contributed by atoms with E-state index in [1.54, 1.807) is 58.9 Å². The van der Waals surface area contributed by atoms with Gasteiger partial charge < -0.3 is 19.4 Å². The number of amides is 4. The zero-order valence-electron chi connectivity index (χ0n) is 29.3. The van der Waals surface area contributed by atoms with Gasteiger partial charge in [-0.3, -0.25) is 25.2 Å². The molecule has 1 atom stereocenters. The minimum Gasteiger partial charge on any atom is -0.444 e. The molecule has 0 radical (unpaired) electrons. The second kappa shape index (κ2) is 14.7. The molecule has 0 unspecified atom stereocenters. The lowest BCUT2D eigenvalue weighted by Crippen LogP contribution is -2.51. The molecule has 0 bridgehead atoms. The monoisotopic (exact) mass is 699 g/mol. The van der Waals surface area contributed by atoms with Gasteiger partial charge in [-0.2, -0.15) is 5.26 Å². The van der Waals surface area contributed by atoms with Gasteiger partial charge in [0.05, 0.1) is 34.8 Å². The number of nitrogens with zero attached hydrogens (tertiary/aromatic N) is 2. The van der Waals surface area contributed by atoms with Crippen molar-refractivity contribution in [1.82, 2.24) is 16.2 Å². The average Bonchev–Trinajstić information content (AvgIpc) is 3.09. The predicted molar refractivity (Wildman–Crippen MR) is 185 cm³/mol. The Bertz CT molecular complexity index is 1600. The highest BCUT2D eigenvalue weighted by Gasteiger charge is 2.40. The number of thioether (sulfide) groups is 1. The molecule has 11 nitrogen and oxygen atoms in total. The molecule has 3 rings (SSSR count). The van der Waals surface area contributed by atoms with Crippen LogP contribution in [0.1, 0.15) is 76.9 Å². The fraction of sp³-hybridized carbons (Fsp3) is 0.500. The van der Waals surface area contributed by atoms with Gasteiger partial charge in [0.1, 0.15) is 17.5 Å². The Kier molecular flexibility index (Phi) is 11.8. The molecule has 14 heteroatoms. The second-order valence-corrected chi connectivity index (χ2v) is 20.8. The Hall–Kier alpha value is -3.93. The van der Waals surface area contributed by atoms with E-state index in [1.165, 1.54) is 11.0 Å². The Labute approximate surface area is 287 Å². The lowest BCUT2D eigenvalue weighted by molar-refractivity contribution is -0.131. The van der Waals surface area contributed by atoms with Crippen LogP contribution in [0.3, 0.4) is 0 Å². The Balaban J connectivity index is 1.88. The highest BCUT2D eigenvalue weighted by atomic mass is 32.2. The van der Waals surface area contributed by atoms with E-state index in [4.69, 9.17) is 9.16 Å². The fourth-order valence-corrected chi connectivity index (χ4v) is 6.40. The molecule has 4 amide bonds. The molecule has 260 valence electrons. The van der Waals surface area contributed by atoms with Crippen LogP contribution in [0.2, 0.25) is 18.1 Å². The zero-order chi connectivity index (χ0) is 36.2. The van der Waals surface area contributed by atoms with Crippen LogP contribution in [0.4, 0.5) is 14.9 Å². The normalized spacial score (nSPS) is 15.5. The van der Waals surface area contributed by atoms with Gasteiger partial charge in [-0.05, 0) is 82.6 Å². The van der Waals surface area contributed by atoms with Crippen LogP contribution in [0, 0.1) is 22.6 Å². The first-order valence-corrected chi connectivity index (χ1v) is 19.4. The average molecular weight is 700 g/mol. The summed E-state index contributed by atoms with van der Waals surface area (Å²) in [6.07, 6.45) is -0.787. The second-order valence-electron chi connectivity index (χ2n) is 14.9. The van der Waals surface area contributed by atoms with Gasteiger partial charge in [0.2, 0.25) is 5.91 Å². The van der Waals surface area contributed by atoms with Gasteiger partial charge in [0.15, 0.2) is 8.32 Å². The molecule has 0 aliphatic carbocycles. The number of rotatable bonds is 8. The molecular weight excluding hydrogens is 654 g/mol. The summed E-state index contributed by atoms with van der Waals surface area (Å²) in [5.74, 6) is -2.74. The standard InChI is InChI=1S/C34H46FN5O6SSi/c1-32(2,3)46-31(44)37-25-19-47-27-16-24(35)23(15-26(27)40(29(25)42)18-22-13-11-21(17-36)12-14-22)28(41)38-39-30(43)34(7,8)20-45-48(9,10)33(4,5)6/h11-16,25H,18-20H2,1-10H3,(H,37,44)(H,38,41)(H,39,43)/t25-/m0/s1. The lowest BCUT2D eigenvalue weighted by atomic mass is 9.94. The number of halogens is 1. The molecule has 2 aromatic rings. The minimum atomic E-state index is -2.15. The maximum atomic E-state index is 15.5. The number of alkyl carbamates (subject to hydrolysis) is 1. The third kappa shape index (κ3) is 9.80. The smallest absolute Gasteiger partial charge is 0.408 e. The SMILES string of the molecule is CC(C)(C)OC(=O)N[C@H]1CSc2cc(F)c(C(=O)NNC(=O)C(C)(C)CO[Si](C)(C)C(C)(C)C)cc2N(Cc2ccc(C#N)cc2)C1=O. The van der Waals surface area contributed by atoms with Gasteiger partial charge in [-0.15, -0.1) is 11.8 Å². The van der Waals surface area contributed by atoms with Crippen LogP contribution in [0.15, 0.2) is 41.3 Å². The summed E-state index contributed by atoms with van der Waals surface area (Å²) in [6, 6.07) is 10.00. The quantitative estimate of drug-likeness (QED) is 0.223. The molecule has 0 fully saturated rings. The Morgan fingerprint density at radius 2 is 1.67 bits per heavy atom. The molecule has 0 saturated heterocycles. The number of hydrogen-bond donors (Lipinski definition) is 3. The van der Waals surface area contributed by atoms with E-state index in [0.717, 1.165) is 17.8 Å². The number of fused-ring (bicyclic) bond motifs is 1. The van der Waals surface area contributed by atoms with E-state index in [9.17, 15) is 24.4 Å². The van der Waals surface area contributed by atoms with Gasteiger partial charge in [0.25, 0.3) is 11.8 Å². The molecule has 3 N–H and O–H groups in total. The lowest BCUT2D eigenvalue weighted by Gasteiger charge is -2.38. The summed E-state index contributed by atoms with van der Waals surface area (Å²) in [4.78, 5) is 54.7. The van der Waals surface area contributed by atoms with Crippen molar-refractivity contribution in [3.8, 4) is 6.07 Å². The first-order chi connectivity index (χ1) is 22.0. The highest BCUT2D eigenvalue weighted by molar-refractivity contribution is 7.99. The number of nitrogens with one attached hydrogen (secondary N) is 3. The van der Waals surface area contributed by atoms with Gasteiger partial charge in [-0.25, -0.2) is 9.18 Å². The Morgan fingerprint density at radius 1 is 1.04 bits per heavy atom. The number of carbonyl (C=O) groups is 4. The van der Waals surface area contributed by atoms with Crippen molar-refractivity contribution in [1.29, 1.82) is 5.26 Å². The Morgan fingerprint density at radius 3 is 2.23 bits per heavy atom. The van der Waals surface area contributed by atoms with Gasteiger partial charge in [-0.1, -0.05) is 32.9 Å². The van der Waals surface area contributed by atoms with Crippen LogP contribution in [0.25, 0.3) is 0 Å². The largest absolute Gasteiger partial charge is 0.444 e. The van der Waals surface area contributed by atoms with Crippen molar-refractivity contribution in [3.05, 3.63) is 58.9 Å². The van der Waals surface area contributed by atoms with Crippen LogP contribution in [-0.4, -0.2) is 56.1 Å². The maximum Gasteiger partial charge on any atom is 0.408 e. The molecule has 2 aromatic carbocycles. The molecule has 0 spiro atoms. The van der Waals surface area contributed by atoms with Crippen LogP contribution >= 0.6 is 11.8 Å². The van der Waals surface area contributed by atoms with Crippen molar-refractivity contribution >= 4 is 49.6 Å². The van der Waals surface area contributed by atoms with E-state index >= 15 is 4.39 Å². The van der Waals surface area contributed by atoms with E-state index in [-0.39, 0.29) is 29.6 Å². The molecule has 0 aromatic heterocycles. The summed E-state index contributed by atoms with van der Waals surface area (Å²) < 4.78 is 27.1. The summed E-state index contributed by atoms with van der Waals surface area (Å²) in [5.41, 5.74) is 3.81. The summed E-state index contributed by atoms with van der Waals surface area (Å²) in [7, 11) is -2.15. The zero-order valence-corrected chi connectivity index (χ0v) is 31.1. The first-order valence-electron chi connectivity index (χ1n) is 15.6. The molecule has 0 saturated carbocycles. The number of ether oxygens (including phenoxy) is 1. The summed E-state index contributed by atoms with van der Waals surface area (Å²) in [5, 5.41) is 11.8. The molecular formula is C34H46FN5O6SSi. The van der Waals surface area contributed by atoms with Crippen molar-refractivity contribution < 1.29 is 32.7 Å². The fourth-order valence-electron chi connectivity index (χ4n) is 4.17. The topological polar surface area (TPSA) is 150 Å². The molecule has 1 aliphatic rings. The number of carbonyl (C=O) groups excluding carboxylic acids is 4. The summed E-state index contributed by atoms with van der Waals surface area (Å²) >= 11 is 1.14. The third-order valence-electron chi connectivity index (χ3n) is 8.17. The van der Waals surface area contributed by atoms with Crippen LogP contribution < -0.4 is 21.1 Å². The number of benzene rings is 2. The third-order valence-corrected chi connectivity index (χ3v) is 13.8. The van der Waals surface area contributed by atoms with Crippen LogP contribution in [-0.2, 0) is 25.3 Å². The van der Waals surface area contributed by atoms with Gasteiger partial charge in [0, 0.05) is 17.3 Å². The predicted octanol–water partition coefficient (Wildman–Crippen LogP) is 6.04. The molecule has 1 aliphatic heterocycles. The van der Waals surface area contributed by atoms with Crippen molar-refractivity contribution in [2.75, 3.05) is 17.3 Å². The maximum absolute atomic E-state index is 15.5. The van der Waals surface area contributed by atoms with Gasteiger partial charge >= 0.3 is 6.09 Å². The van der Waals surface area contributed by atoms with E-state index in [2.05, 4.69) is 50.0 Å². The summed E-state index contributed by atoms with van der Waals surface area (Å²) in [6.45, 7) is 19.0. The van der Waals surface area contributed by atoms with E-state index in [1.807, 2.05) is 6.07 Å². The highest BCUT2D eigenvalue weighted by Crippen LogP contribution is 2.39. The minimum absolute atomic E-state index is 0.00353. The van der Waals surface area contributed by atoms with Crippen molar-refractivity contribution in [2.24, 2.45) is 5.41 Å². The number of anilines is 1. The number of nitriles is 1. The molecule has 1 heterocycles. The molecule has 48 heavy (non-hydrogen) atoms. The van der Waals surface area contributed by atoms with Crippen molar-refractivity contribution in [2.45, 2.75) is 96.6 Å². The first kappa shape index (κ1) is 38.5.